The molecule has 0 spiro atoms. The fourth-order valence-corrected chi connectivity index (χ4v) is 6.22. The number of hydrogen-bond donors (Lipinski definition) is 1. The van der Waals surface area contributed by atoms with Crippen LogP contribution in [0.15, 0.2) is 42.5 Å². The highest BCUT2D eigenvalue weighted by Gasteiger charge is 2.39. The van der Waals surface area contributed by atoms with Crippen molar-refractivity contribution in [3.8, 4) is 11.1 Å². The third-order valence-electron chi connectivity index (χ3n) is 8.28. The van der Waals surface area contributed by atoms with Gasteiger partial charge in [-0.2, -0.15) is 0 Å². The lowest BCUT2D eigenvalue weighted by Gasteiger charge is -2.41. The van der Waals surface area contributed by atoms with Gasteiger partial charge in [0.25, 0.3) is 0 Å². The van der Waals surface area contributed by atoms with Gasteiger partial charge in [0.1, 0.15) is 5.82 Å². The fraction of sp³-hybridized carbons (Fsp3) is 0.586. The van der Waals surface area contributed by atoms with E-state index in [0.717, 1.165) is 42.2 Å². The number of halogens is 1. The van der Waals surface area contributed by atoms with Gasteiger partial charge < -0.3 is 5.11 Å². The van der Waals surface area contributed by atoms with Crippen molar-refractivity contribution in [2.24, 2.45) is 17.8 Å². The molecule has 0 aliphatic heterocycles. The maximum Gasteiger partial charge on any atom is 0.129 e. The Labute approximate surface area is 188 Å². The van der Waals surface area contributed by atoms with Crippen LogP contribution in [0.2, 0.25) is 0 Å². The van der Waals surface area contributed by atoms with Crippen LogP contribution in [0.1, 0.15) is 89.2 Å². The molecule has 0 bridgehead atoms. The SMILES string of the molecule is CCCC1CCC(C2CCC(O)(c3ccc(-c4ccc(CC)cc4)cc3F)CC2)CC1. The van der Waals surface area contributed by atoms with Crippen LogP contribution in [0.5, 0.6) is 0 Å². The molecule has 2 fully saturated rings. The van der Waals surface area contributed by atoms with Crippen LogP contribution < -0.4 is 0 Å². The van der Waals surface area contributed by atoms with Crippen molar-refractivity contribution in [1.82, 2.24) is 0 Å². The number of aryl methyl sites for hydroxylation is 1. The van der Waals surface area contributed by atoms with Gasteiger partial charge in [-0.25, -0.2) is 4.39 Å². The third-order valence-corrected chi connectivity index (χ3v) is 8.28. The Morgan fingerprint density at radius 1 is 0.839 bits per heavy atom. The highest BCUT2D eigenvalue weighted by Crippen LogP contribution is 2.47. The zero-order valence-corrected chi connectivity index (χ0v) is 19.4. The molecule has 0 aromatic heterocycles. The van der Waals surface area contributed by atoms with E-state index in [1.807, 2.05) is 12.1 Å². The molecule has 0 unspecified atom stereocenters. The van der Waals surface area contributed by atoms with Crippen molar-refractivity contribution in [3.63, 3.8) is 0 Å². The molecule has 2 saturated carbocycles. The van der Waals surface area contributed by atoms with E-state index in [0.29, 0.717) is 24.3 Å². The summed E-state index contributed by atoms with van der Waals surface area (Å²) in [6, 6.07) is 13.7. The second kappa shape index (κ2) is 9.86. The first-order valence-corrected chi connectivity index (χ1v) is 12.6. The first-order valence-electron chi connectivity index (χ1n) is 12.6. The van der Waals surface area contributed by atoms with Crippen molar-refractivity contribution in [3.05, 3.63) is 59.4 Å². The first kappa shape index (κ1) is 22.5. The number of rotatable bonds is 6. The second-order valence-electron chi connectivity index (χ2n) is 10.2. The summed E-state index contributed by atoms with van der Waals surface area (Å²) in [5.74, 6) is 2.20. The summed E-state index contributed by atoms with van der Waals surface area (Å²) < 4.78 is 15.1. The Morgan fingerprint density at radius 2 is 1.45 bits per heavy atom. The smallest absolute Gasteiger partial charge is 0.129 e. The predicted molar refractivity (Wildman–Crippen MR) is 127 cm³/mol. The summed E-state index contributed by atoms with van der Waals surface area (Å²) in [4.78, 5) is 0. The van der Waals surface area contributed by atoms with E-state index in [9.17, 15) is 5.11 Å². The van der Waals surface area contributed by atoms with E-state index < -0.39 is 5.60 Å². The molecular weight excluding hydrogens is 383 g/mol. The van der Waals surface area contributed by atoms with Crippen LogP contribution in [0.4, 0.5) is 4.39 Å². The van der Waals surface area contributed by atoms with Crippen LogP contribution in [-0.4, -0.2) is 5.11 Å². The third kappa shape index (κ3) is 5.06. The zero-order chi connectivity index (χ0) is 21.8. The number of hydrogen-bond acceptors (Lipinski definition) is 1. The highest BCUT2D eigenvalue weighted by atomic mass is 19.1. The van der Waals surface area contributed by atoms with Crippen molar-refractivity contribution in [2.75, 3.05) is 0 Å². The van der Waals surface area contributed by atoms with E-state index in [1.54, 1.807) is 6.07 Å². The second-order valence-corrected chi connectivity index (χ2v) is 10.2. The Balaban J connectivity index is 1.39. The molecule has 2 aromatic rings. The van der Waals surface area contributed by atoms with E-state index in [4.69, 9.17) is 0 Å². The van der Waals surface area contributed by atoms with E-state index in [2.05, 4.69) is 38.1 Å². The van der Waals surface area contributed by atoms with Gasteiger partial charge >= 0.3 is 0 Å². The number of benzene rings is 2. The summed E-state index contributed by atoms with van der Waals surface area (Å²) in [6.45, 7) is 4.43. The van der Waals surface area contributed by atoms with Gasteiger partial charge in [-0.15, -0.1) is 0 Å². The van der Waals surface area contributed by atoms with E-state index >= 15 is 4.39 Å². The molecule has 2 aliphatic rings. The molecule has 2 heteroatoms. The van der Waals surface area contributed by atoms with Crippen LogP contribution >= 0.6 is 0 Å². The molecule has 168 valence electrons. The van der Waals surface area contributed by atoms with Crippen molar-refractivity contribution >= 4 is 0 Å². The average molecular weight is 423 g/mol. The first-order chi connectivity index (χ1) is 15.0. The minimum absolute atomic E-state index is 0.266. The minimum Gasteiger partial charge on any atom is -0.385 e. The minimum atomic E-state index is -1.01. The molecule has 0 saturated heterocycles. The van der Waals surface area contributed by atoms with Crippen molar-refractivity contribution in [1.29, 1.82) is 0 Å². The predicted octanol–water partition coefficient (Wildman–Crippen LogP) is 8.04. The highest BCUT2D eigenvalue weighted by molar-refractivity contribution is 5.64. The molecule has 0 atom stereocenters. The Morgan fingerprint density at radius 3 is 2.03 bits per heavy atom. The molecule has 2 aromatic carbocycles. The van der Waals surface area contributed by atoms with Crippen LogP contribution in [0, 0.1) is 23.6 Å². The van der Waals surface area contributed by atoms with Crippen LogP contribution in [-0.2, 0) is 12.0 Å². The zero-order valence-electron chi connectivity index (χ0n) is 19.4. The summed E-state index contributed by atoms with van der Waals surface area (Å²) in [5.41, 5.74) is 2.67. The molecule has 0 radical (unpaired) electrons. The van der Waals surface area contributed by atoms with E-state index in [-0.39, 0.29) is 5.82 Å². The van der Waals surface area contributed by atoms with E-state index in [1.165, 1.54) is 44.1 Å². The monoisotopic (exact) mass is 422 g/mol. The summed E-state index contributed by atoms with van der Waals surface area (Å²) >= 11 is 0. The molecule has 0 heterocycles. The van der Waals surface area contributed by atoms with Gasteiger partial charge in [0.15, 0.2) is 0 Å². The number of aliphatic hydroxyl groups is 1. The van der Waals surface area contributed by atoms with Crippen molar-refractivity contribution < 1.29 is 9.50 Å². The Hall–Kier alpha value is -1.67. The normalized spacial score (nSPS) is 29.1. The molecule has 1 N–H and O–H groups in total. The van der Waals surface area contributed by atoms with Gasteiger partial charge in [0, 0.05) is 5.56 Å². The lowest BCUT2D eigenvalue weighted by atomic mass is 9.66. The summed E-state index contributed by atoms with van der Waals surface area (Å²) in [6.07, 6.45) is 12.6. The van der Waals surface area contributed by atoms with Gasteiger partial charge in [0.2, 0.25) is 0 Å². The molecular formula is C29H39FO. The maximum absolute atomic E-state index is 15.1. The summed E-state index contributed by atoms with van der Waals surface area (Å²) in [5, 5.41) is 11.3. The molecule has 31 heavy (non-hydrogen) atoms. The standard InChI is InChI=1S/C29H39FO/c1-3-5-22-8-12-23(13-9-22)25-16-18-29(31,19-17-25)27-15-14-26(20-28(27)30)24-10-6-21(4-2)7-11-24/h6-7,10-11,14-15,20,22-23,25,31H,3-5,8-9,12-13,16-19H2,1-2H3. The molecule has 4 rings (SSSR count). The van der Waals surface area contributed by atoms with Gasteiger partial charge in [-0.3, -0.25) is 0 Å². The lowest BCUT2D eigenvalue weighted by molar-refractivity contribution is -0.0285. The maximum atomic E-state index is 15.1. The Kier molecular flexibility index (Phi) is 7.16. The quantitative estimate of drug-likeness (QED) is 0.499. The molecule has 2 aliphatic carbocycles. The lowest BCUT2D eigenvalue weighted by Crippen LogP contribution is -2.35. The molecule has 1 nitrogen and oxygen atoms in total. The van der Waals surface area contributed by atoms with Gasteiger partial charge in [-0.05, 0) is 85.5 Å². The van der Waals surface area contributed by atoms with Crippen LogP contribution in [0.3, 0.4) is 0 Å². The van der Waals surface area contributed by atoms with Crippen LogP contribution in [0.25, 0.3) is 11.1 Å². The van der Waals surface area contributed by atoms with Gasteiger partial charge in [-0.1, -0.05) is 75.9 Å². The largest absolute Gasteiger partial charge is 0.385 e. The average Bonchev–Trinajstić information content (AvgIpc) is 2.80. The topological polar surface area (TPSA) is 20.2 Å². The Bertz CT molecular complexity index is 840. The molecule has 0 amide bonds. The van der Waals surface area contributed by atoms with Gasteiger partial charge in [0.05, 0.1) is 5.60 Å². The fourth-order valence-electron chi connectivity index (χ4n) is 6.22. The summed E-state index contributed by atoms with van der Waals surface area (Å²) in [7, 11) is 0. The van der Waals surface area contributed by atoms with Crippen molar-refractivity contribution in [2.45, 2.75) is 90.1 Å².